The summed E-state index contributed by atoms with van der Waals surface area (Å²) in [6.45, 7) is 13.6. The summed E-state index contributed by atoms with van der Waals surface area (Å²) < 4.78 is 0. The number of rotatable bonds is 6. The molecule has 0 saturated carbocycles. The molecule has 0 radical (unpaired) electrons. The normalized spacial score (nSPS) is 12.9. The molecule has 0 aromatic heterocycles. The molecule has 98 valence electrons. The molecule has 0 aliphatic heterocycles. The maximum atomic E-state index is 9.66. The van der Waals surface area contributed by atoms with Gasteiger partial charge in [0, 0.05) is 11.5 Å². The molecular formula is C15H22N2O. The van der Waals surface area contributed by atoms with E-state index in [4.69, 9.17) is 0 Å². The van der Waals surface area contributed by atoms with Crippen molar-refractivity contribution >= 4 is 18.1 Å². The number of aliphatic hydroxyl groups excluding tert-OH is 1. The smallest absolute Gasteiger partial charge is 0.116 e. The third kappa shape index (κ3) is 2.79. The highest BCUT2D eigenvalue weighted by Crippen LogP contribution is 2.34. The largest absolute Gasteiger partial charge is 0.376 e. The predicted octanol–water partition coefficient (Wildman–Crippen LogP) is 3.38. The van der Waals surface area contributed by atoms with Crippen LogP contribution in [0.3, 0.4) is 0 Å². The number of hydrogen-bond acceptors (Lipinski definition) is 3. The molecule has 3 heteroatoms. The minimum atomic E-state index is -0.114. The Hall–Kier alpha value is -1.61. The second-order valence-corrected chi connectivity index (χ2v) is 4.96. The molecule has 1 unspecified atom stereocenters. The van der Waals surface area contributed by atoms with Crippen LogP contribution in [0.15, 0.2) is 41.9 Å². The van der Waals surface area contributed by atoms with Crippen LogP contribution in [-0.2, 0) is 0 Å². The summed E-state index contributed by atoms with van der Waals surface area (Å²) in [6, 6.07) is 7.77. The zero-order valence-corrected chi connectivity index (χ0v) is 11.4. The van der Waals surface area contributed by atoms with Gasteiger partial charge in [0.05, 0.1) is 11.4 Å². The molecule has 0 aliphatic carbocycles. The van der Waals surface area contributed by atoms with Crippen LogP contribution >= 0.6 is 0 Å². The van der Waals surface area contributed by atoms with Crippen LogP contribution in [0.5, 0.6) is 0 Å². The van der Waals surface area contributed by atoms with E-state index in [1.807, 2.05) is 35.2 Å². The summed E-state index contributed by atoms with van der Waals surface area (Å²) in [5.74, 6) is 0. The van der Waals surface area contributed by atoms with Crippen LogP contribution in [-0.4, -0.2) is 24.6 Å². The van der Waals surface area contributed by atoms with Crippen LogP contribution in [0.1, 0.15) is 20.8 Å². The van der Waals surface area contributed by atoms with Crippen LogP contribution in [0.4, 0.5) is 11.4 Å². The summed E-state index contributed by atoms with van der Waals surface area (Å²) in [6.07, 6.45) is 1.91. The van der Waals surface area contributed by atoms with Crippen molar-refractivity contribution in [3.05, 3.63) is 36.9 Å². The minimum absolute atomic E-state index is 0.0645. The van der Waals surface area contributed by atoms with Crippen LogP contribution in [0, 0.1) is 5.41 Å². The first-order valence-corrected chi connectivity index (χ1v) is 6.04. The monoisotopic (exact) mass is 246 g/mol. The van der Waals surface area contributed by atoms with Crippen molar-refractivity contribution in [3.8, 4) is 0 Å². The van der Waals surface area contributed by atoms with E-state index in [-0.39, 0.29) is 18.2 Å². The molecule has 0 fully saturated rings. The zero-order chi connectivity index (χ0) is 13.8. The third-order valence-corrected chi connectivity index (χ3v) is 3.58. The lowest BCUT2D eigenvalue weighted by molar-refractivity contribution is 0.248. The second-order valence-electron chi connectivity index (χ2n) is 4.96. The van der Waals surface area contributed by atoms with Crippen LogP contribution in [0.2, 0.25) is 0 Å². The Labute approximate surface area is 109 Å². The van der Waals surface area contributed by atoms with Crippen LogP contribution < -0.4 is 4.90 Å². The Morgan fingerprint density at radius 3 is 2.56 bits per heavy atom. The lowest BCUT2D eigenvalue weighted by atomic mass is 9.84. The maximum Gasteiger partial charge on any atom is 0.116 e. The van der Waals surface area contributed by atoms with Gasteiger partial charge < -0.3 is 10.0 Å². The second kappa shape index (κ2) is 5.83. The third-order valence-electron chi connectivity index (χ3n) is 3.58. The molecule has 1 aromatic carbocycles. The molecule has 0 heterocycles. The highest BCUT2D eigenvalue weighted by molar-refractivity contribution is 5.69. The first-order valence-electron chi connectivity index (χ1n) is 6.04. The van der Waals surface area contributed by atoms with E-state index >= 15 is 0 Å². The van der Waals surface area contributed by atoms with Gasteiger partial charge in [-0.2, -0.15) is 0 Å². The molecule has 0 spiro atoms. The van der Waals surface area contributed by atoms with Crippen molar-refractivity contribution in [2.45, 2.75) is 26.8 Å². The number of para-hydroxylation sites is 2. The van der Waals surface area contributed by atoms with Crippen molar-refractivity contribution in [2.75, 3.05) is 11.6 Å². The van der Waals surface area contributed by atoms with E-state index in [9.17, 15) is 5.11 Å². The Balaban J connectivity index is 3.17. The van der Waals surface area contributed by atoms with Gasteiger partial charge in [0.15, 0.2) is 0 Å². The molecule has 0 bridgehead atoms. The van der Waals surface area contributed by atoms with Crippen molar-refractivity contribution in [3.63, 3.8) is 0 Å². The SMILES string of the molecule is C=CC(C)(C)C(C)N(CO)c1ccccc1N=C. The van der Waals surface area contributed by atoms with Crippen molar-refractivity contribution in [1.29, 1.82) is 0 Å². The first-order chi connectivity index (χ1) is 8.47. The fraction of sp³-hybridized carbons (Fsp3) is 0.400. The van der Waals surface area contributed by atoms with E-state index in [2.05, 4.69) is 39.1 Å². The first kappa shape index (κ1) is 14.5. The highest BCUT2D eigenvalue weighted by atomic mass is 16.3. The number of aliphatic hydroxyl groups is 1. The molecule has 18 heavy (non-hydrogen) atoms. The molecule has 1 aromatic rings. The van der Waals surface area contributed by atoms with Gasteiger partial charge in [-0.15, -0.1) is 6.58 Å². The quantitative estimate of drug-likeness (QED) is 0.474. The molecular weight excluding hydrogens is 224 g/mol. The topological polar surface area (TPSA) is 35.8 Å². The Morgan fingerprint density at radius 2 is 2.06 bits per heavy atom. The molecule has 0 amide bonds. The Kier molecular flexibility index (Phi) is 4.68. The van der Waals surface area contributed by atoms with Gasteiger partial charge >= 0.3 is 0 Å². The lowest BCUT2D eigenvalue weighted by Crippen LogP contribution is -2.43. The average molecular weight is 246 g/mol. The fourth-order valence-corrected chi connectivity index (χ4v) is 1.82. The van der Waals surface area contributed by atoms with Crippen LogP contribution in [0.25, 0.3) is 0 Å². The van der Waals surface area contributed by atoms with Gasteiger partial charge in [-0.05, 0) is 25.8 Å². The summed E-state index contributed by atoms with van der Waals surface area (Å²) >= 11 is 0. The van der Waals surface area contributed by atoms with Gasteiger partial charge in [0.2, 0.25) is 0 Å². The van der Waals surface area contributed by atoms with Crippen molar-refractivity contribution < 1.29 is 5.11 Å². The van der Waals surface area contributed by atoms with Crippen molar-refractivity contribution in [1.82, 2.24) is 0 Å². The zero-order valence-electron chi connectivity index (χ0n) is 11.4. The molecule has 3 nitrogen and oxygen atoms in total. The van der Waals surface area contributed by atoms with Crippen molar-refractivity contribution in [2.24, 2.45) is 10.4 Å². The molecule has 1 rings (SSSR count). The van der Waals surface area contributed by atoms with Gasteiger partial charge in [0.25, 0.3) is 0 Å². The maximum absolute atomic E-state index is 9.66. The summed E-state index contributed by atoms with van der Waals surface area (Å²) in [7, 11) is 0. The van der Waals surface area contributed by atoms with E-state index in [0.29, 0.717) is 0 Å². The lowest BCUT2D eigenvalue weighted by Gasteiger charge is -2.39. The average Bonchev–Trinajstić information content (AvgIpc) is 2.40. The summed E-state index contributed by atoms with van der Waals surface area (Å²) in [4.78, 5) is 5.91. The number of nitrogens with zero attached hydrogens (tertiary/aromatic N) is 2. The molecule has 0 aliphatic rings. The van der Waals surface area contributed by atoms with Gasteiger partial charge in [-0.3, -0.25) is 4.99 Å². The van der Waals surface area contributed by atoms with Gasteiger partial charge in [0.1, 0.15) is 6.73 Å². The van der Waals surface area contributed by atoms with E-state index in [1.54, 1.807) is 0 Å². The summed E-state index contributed by atoms with van der Waals surface area (Å²) in [5.41, 5.74) is 1.55. The van der Waals surface area contributed by atoms with E-state index in [0.717, 1.165) is 11.4 Å². The Bertz CT molecular complexity index is 426. The Morgan fingerprint density at radius 1 is 1.44 bits per heavy atom. The number of aliphatic imine (C=N–C) groups is 1. The molecule has 1 N–H and O–H groups in total. The number of hydrogen-bond donors (Lipinski definition) is 1. The van der Waals surface area contributed by atoms with Gasteiger partial charge in [-0.25, -0.2) is 0 Å². The minimum Gasteiger partial charge on any atom is -0.376 e. The number of anilines is 1. The summed E-state index contributed by atoms with van der Waals surface area (Å²) in [5, 5.41) is 9.66. The highest BCUT2D eigenvalue weighted by Gasteiger charge is 2.28. The standard InChI is InChI=1S/C15H22N2O/c1-6-15(3,4)12(2)17(11-18)14-10-8-7-9-13(14)16-5/h6-10,12,18H,1,5,11H2,2-4H3. The van der Waals surface area contributed by atoms with E-state index in [1.165, 1.54) is 0 Å². The number of benzene rings is 1. The van der Waals surface area contributed by atoms with E-state index < -0.39 is 0 Å². The fourth-order valence-electron chi connectivity index (χ4n) is 1.82. The predicted molar refractivity (Wildman–Crippen MR) is 78.7 cm³/mol. The molecule has 0 saturated heterocycles. The molecule has 1 atom stereocenters. The van der Waals surface area contributed by atoms with Gasteiger partial charge in [-0.1, -0.05) is 32.1 Å².